The Hall–Kier alpha value is -0.120. The van der Waals surface area contributed by atoms with Crippen molar-refractivity contribution in [3.8, 4) is 0 Å². The zero-order valence-corrected chi connectivity index (χ0v) is 9.55. The molecule has 0 radical (unpaired) electrons. The Morgan fingerprint density at radius 2 is 1.93 bits per heavy atom. The van der Waals surface area contributed by atoms with Crippen molar-refractivity contribution >= 4 is 0 Å². The molecule has 0 aromatic heterocycles. The fraction of sp³-hybridized carbons (Fsp3) is 1.00. The van der Waals surface area contributed by atoms with E-state index in [1.807, 2.05) is 6.92 Å². The van der Waals surface area contributed by atoms with Gasteiger partial charge in [0, 0.05) is 26.2 Å². The van der Waals surface area contributed by atoms with Gasteiger partial charge < -0.3 is 10.4 Å². The summed E-state index contributed by atoms with van der Waals surface area (Å²) in [4.78, 5) is 2.19. The van der Waals surface area contributed by atoms with Gasteiger partial charge in [0.05, 0.1) is 0 Å². The second kappa shape index (κ2) is 5.69. The summed E-state index contributed by atoms with van der Waals surface area (Å²) in [6, 6.07) is 0. The van der Waals surface area contributed by atoms with Gasteiger partial charge in [0.1, 0.15) is 5.72 Å². The fourth-order valence-corrected chi connectivity index (χ4v) is 2.01. The van der Waals surface area contributed by atoms with Gasteiger partial charge in [-0.25, -0.2) is 0 Å². The number of piperazine rings is 1. The predicted octanol–water partition coefficient (Wildman–Crippen LogP) is 1.18. The van der Waals surface area contributed by atoms with Crippen LogP contribution in [0.3, 0.4) is 0 Å². The molecule has 0 bridgehead atoms. The Balaban J connectivity index is 2.29. The molecule has 1 rings (SSSR count). The van der Waals surface area contributed by atoms with Gasteiger partial charge in [-0.05, 0) is 19.8 Å². The SMILES string of the molecule is CCCCCC(C)(O)N1CCNCC1. The monoisotopic (exact) mass is 200 g/mol. The minimum Gasteiger partial charge on any atom is -0.376 e. The summed E-state index contributed by atoms with van der Waals surface area (Å²) >= 11 is 0. The Morgan fingerprint density at radius 3 is 2.50 bits per heavy atom. The predicted molar refractivity (Wildman–Crippen MR) is 59.2 cm³/mol. The van der Waals surface area contributed by atoms with E-state index >= 15 is 0 Å². The normalized spacial score (nSPS) is 23.4. The highest BCUT2D eigenvalue weighted by Crippen LogP contribution is 2.19. The van der Waals surface area contributed by atoms with Crippen LogP contribution >= 0.6 is 0 Å². The first-order valence-electron chi connectivity index (χ1n) is 5.85. The van der Waals surface area contributed by atoms with E-state index < -0.39 is 5.72 Å². The number of unbranched alkanes of at least 4 members (excludes halogenated alkanes) is 2. The zero-order valence-electron chi connectivity index (χ0n) is 9.55. The first-order chi connectivity index (χ1) is 6.67. The van der Waals surface area contributed by atoms with Crippen molar-refractivity contribution in [1.82, 2.24) is 10.2 Å². The van der Waals surface area contributed by atoms with Gasteiger partial charge in [-0.1, -0.05) is 19.8 Å². The second-order valence-electron chi connectivity index (χ2n) is 4.41. The van der Waals surface area contributed by atoms with Crippen LogP contribution in [-0.2, 0) is 0 Å². The summed E-state index contributed by atoms with van der Waals surface area (Å²) in [5.74, 6) is 0. The molecular formula is C11H24N2O. The number of rotatable bonds is 5. The van der Waals surface area contributed by atoms with Gasteiger partial charge in [-0.3, -0.25) is 4.90 Å². The highest BCUT2D eigenvalue weighted by Gasteiger charge is 2.28. The van der Waals surface area contributed by atoms with Crippen LogP contribution < -0.4 is 5.32 Å². The zero-order chi connectivity index (χ0) is 10.4. The van der Waals surface area contributed by atoms with E-state index in [0.717, 1.165) is 39.0 Å². The van der Waals surface area contributed by atoms with Crippen molar-refractivity contribution in [2.75, 3.05) is 26.2 Å². The number of nitrogens with zero attached hydrogens (tertiary/aromatic N) is 1. The molecule has 3 heteroatoms. The van der Waals surface area contributed by atoms with E-state index in [4.69, 9.17) is 0 Å². The van der Waals surface area contributed by atoms with Crippen molar-refractivity contribution in [3.05, 3.63) is 0 Å². The van der Waals surface area contributed by atoms with Crippen LogP contribution in [0.4, 0.5) is 0 Å². The third-order valence-electron chi connectivity index (χ3n) is 3.05. The number of hydrogen-bond acceptors (Lipinski definition) is 3. The standard InChI is InChI=1S/C11H24N2O/c1-3-4-5-6-11(2,14)13-9-7-12-8-10-13/h12,14H,3-10H2,1-2H3. The maximum Gasteiger partial charge on any atom is 0.115 e. The molecule has 1 fully saturated rings. The molecule has 1 aliphatic heterocycles. The van der Waals surface area contributed by atoms with Crippen LogP contribution in [-0.4, -0.2) is 41.9 Å². The molecule has 0 amide bonds. The highest BCUT2D eigenvalue weighted by molar-refractivity contribution is 4.79. The first-order valence-corrected chi connectivity index (χ1v) is 5.85. The van der Waals surface area contributed by atoms with Crippen LogP contribution in [0.5, 0.6) is 0 Å². The molecule has 0 aromatic rings. The minimum atomic E-state index is -0.586. The lowest BCUT2D eigenvalue weighted by Crippen LogP contribution is -2.54. The molecular weight excluding hydrogens is 176 g/mol. The van der Waals surface area contributed by atoms with E-state index in [1.54, 1.807) is 0 Å². The Bertz CT molecular complexity index is 153. The number of nitrogens with one attached hydrogen (secondary N) is 1. The van der Waals surface area contributed by atoms with E-state index in [-0.39, 0.29) is 0 Å². The largest absolute Gasteiger partial charge is 0.376 e. The van der Waals surface area contributed by atoms with Gasteiger partial charge in [0.25, 0.3) is 0 Å². The fourth-order valence-electron chi connectivity index (χ4n) is 2.01. The van der Waals surface area contributed by atoms with Crippen molar-refractivity contribution in [1.29, 1.82) is 0 Å². The molecule has 0 saturated carbocycles. The topological polar surface area (TPSA) is 35.5 Å². The van der Waals surface area contributed by atoms with E-state index in [2.05, 4.69) is 17.1 Å². The number of hydrogen-bond donors (Lipinski definition) is 2. The summed E-state index contributed by atoms with van der Waals surface area (Å²) < 4.78 is 0. The van der Waals surface area contributed by atoms with Gasteiger partial charge in [0.15, 0.2) is 0 Å². The number of aliphatic hydroxyl groups is 1. The van der Waals surface area contributed by atoms with Gasteiger partial charge in [-0.2, -0.15) is 0 Å². The Morgan fingerprint density at radius 1 is 1.29 bits per heavy atom. The van der Waals surface area contributed by atoms with Crippen LogP contribution in [0.25, 0.3) is 0 Å². The van der Waals surface area contributed by atoms with E-state index in [1.165, 1.54) is 12.8 Å². The molecule has 0 aliphatic carbocycles. The quantitative estimate of drug-likeness (QED) is 0.654. The lowest BCUT2D eigenvalue weighted by Gasteiger charge is -2.39. The van der Waals surface area contributed by atoms with Crippen molar-refractivity contribution in [2.45, 2.75) is 45.3 Å². The van der Waals surface area contributed by atoms with Crippen molar-refractivity contribution < 1.29 is 5.11 Å². The summed E-state index contributed by atoms with van der Waals surface area (Å²) in [5.41, 5.74) is -0.586. The first kappa shape index (κ1) is 12.0. The smallest absolute Gasteiger partial charge is 0.115 e. The van der Waals surface area contributed by atoms with Crippen molar-refractivity contribution in [3.63, 3.8) is 0 Å². The Labute approximate surface area is 87.5 Å². The average Bonchev–Trinajstić information content (AvgIpc) is 2.19. The van der Waals surface area contributed by atoms with Crippen LogP contribution in [0.1, 0.15) is 39.5 Å². The second-order valence-corrected chi connectivity index (χ2v) is 4.41. The third-order valence-corrected chi connectivity index (χ3v) is 3.05. The minimum absolute atomic E-state index is 0.586. The summed E-state index contributed by atoms with van der Waals surface area (Å²) in [7, 11) is 0. The van der Waals surface area contributed by atoms with E-state index in [9.17, 15) is 5.11 Å². The molecule has 1 unspecified atom stereocenters. The third kappa shape index (κ3) is 3.56. The Kier molecular flexibility index (Phi) is 4.85. The van der Waals surface area contributed by atoms with Crippen LogP contribution in [0.15, 0.2) is 0 Å². The highest BCUT2D eigenvalue weighted by atomic mass is 16.3. The van der Waals surface area contributed by atoms with Crippen LogP contribution in [0, 0.1) is 0 Å². The maximum atomic E-state index is 10.3. The van der Waals surface area contributed by atoms with Crippen molar-refractivity contribution in [2.24, 2.45) is 0 Å². The van der Waals surface area contributed by atoms with Crippen LogP contribution in [0.2, 0.25) is 0 Å². The lowest BCUT2D eigenvalue weighted by molar-refractivity contribution is -0.105. The summed E-state index contributed by atoms with van der Waals surface area (Å²) in [6.45, 7) is 8.10. The molecule has 2 N–H and O–H groups in total. The van der Waals surface area contributed by atoms with Gasteiger partial charge in [0.2, 0.25) is 0 Å². The molecule has 3 nitrogen and oxygen atoms in total. The molecule has 14 heavy (non-hydrogen) atoms. The van der Waals surface area contributed by atoms with Gasteiger partial charge in [-0.15, -0.1) is 0 Å². The lowest BCUT2D eigenvalue weighted by atomic mass is 10.0. The van der Waals surface area contributed by atoms with E-state index in [0.29, 0.717) is 0 Å². The molecule has 1 heterocycles. The maximum absolute atomic E-state index is 10.3. The molecule has 0 aromatic carbocycles. The molecule has 1 aliphatic rings. The molecule has 1 atom stereocenters. The summed E-state index contributed by atoms with van der Waals surface area (Å²) in [5, 5.41) is 13.6. The average molecular weight is 200 g/mol. The summed E-state index contributed by atoms with van der Waals surface area (Å²) in [6.07, 6.45) is 4.48. The molecule has 84 valence electrons. The van der Waals surface area contributed by atoms with Gasteiger partial charge >= 0.3 is 0 Å². The molecule has 0 spiro atoms. The molecule has 1 saturated heterocycles.